The zero-order valence-corrected chi connectivity index (χ0v) is 9.85. The van der Waals surface area contributed by atoms with E-state index in [1.54, 1.807) is 12.1 Å². The highest BCUT2D eigenvalue weighted by Crippen LogP contribution is 2.20. The standard InChI is InChI=1S/C10H12ClNO2S/c1-14-10(13)9(12)6-15-8-4-2-7(11)3-5-8/h2-5,9H,6,12H2,1H3/t9-/m0/s1. The Bertz CT molecular complexity index is 329. The van der Waals surface area contributed by atoms with Crippen molar-refractivity contribution in [3.63, 3.8) is 0 Å². The molecular weight excluding hydrogens is 234 g/mol. The molecule has 1 atom stereocenters. The van der Waals surface area contributed by atoms with Crippen LogP contribution < -0.4 is 5.73 Å². The topological polar surface area (TPSA) is 52.3 Å². The van der Waals surface area contributed by atoms with Gasteiger partial charge in [-0.3, -0.25) is 4.79 Å². The lowest BCUT2D eigenvalue weighted by Crippen LogP contribution is -2.33. The minimum atomic E-state index is -0.587. The molecule has 0 spiro atoms. The van der Waals surface area contributed by atoms with Crippen LogP contribution in [0, 0.1) is 0 Å². The van der Waals surface area contributed by atoms with Crippen molar-refractivity contribution in [2.45, 2.75) is 10.9 Å². The molecule has 0 saturated heterocycles. The van der Waals surface area contributed by atoms with Crippen molar-refractivity contribution in [3.8, 4) is 0 Å². The van der Waals surface area contributed by atoms with E-state index >= 15 is 0 Å². The summed E-state index contributed by atoms with van der Waals surface area (Å²) in [5.74, 6) is 0.102. The van der Waals surface area contributed by atoms with Crippen molar-refractivity contribution >= 4 is 29.3 Å². The number of hydrogen-bond acceptors (Lipinski definition) is 4. The largest absolute Gasteiger partial charge is 0.468 e. The Kier molecular flexibility index (Phi) is 4.94. The third-order valence-corrected chi connectivity index (χ3v) is 3.13. The fourth-order valence-electron chi connectivity index (χ4n) is 0.936. The smallest absolute Gasteiger partial charge is 0.323 e. The molecule has 0 aliphatic heterocycles. The van der Waals surface area contributed by atoms with Crippen LogP contribution >= 0.6 is 23.4 Å². The number of esters is 1. The van der Waals surface area contributed by atoms with Gasteiger partial charge in [0.15, 0.2) is 0 Å². The fraction of sp³-hybridized carbons (Fsp3) is 0.300. The van der Waals surface area contributed by atoms with Crippen LogP contribution in [0.15, 0.2) is 29.2 Å². The summed E-state index contributed by atoms with van der Waals surface area (Å²) < 4.78 is 4.52. The molecule has 1 rings (SSSR count). The van der Waals surface area contributed by atoms with E-state index in [2.05, 4.69) is 4.74 Å². The highest BCUT2D eigenvalue weighted by Gasteiger charge is 2.13. The van der Waals surface area contributed by atoms with Crippen molar-refractivity contribution in [3.05, 3.63) is 29.3 Å². The second-order valence-electron chi connectivity index (χ2n) is 2.89. The van der Waals surface area contributed by atoms with Crippen molar-refractivity contribution in [2.24, 2.45) is 5.73 Å². The summed E-state index contributed by atoms with van der Waals surface area (Å²) in [6.07, 6.45) is 0. The number of carbonyl (C=O) groups is 1. The summed E-state index contributed by atoms with van der Waals surface area (Å²) in [6.45, 7) is 0. The maximum absolute atomic E-state index is 11.0. The van der Waals surface area contributed by atoms with Gasteiger partial charge in [0.2, 0.25) is 0 Å². The van der Waals surface area contributed by atoms with Crippen molar-refractivity contribution in [1.29, 1.82) is 0 Å². The van der Waals surface area contributed by atoms with Gasteiger partial charge < -0.3 is 10.5 Å². The first-order chi connectivity index (χ1) is 7.13. The van der Waals surface area contributed by atoms with Crippen LogP contribution in [0.3, 0.4) is 0 Å². The number of carbonyl (C=O) groups excluding carboxylic acids is 1. The molecule has 0 heterocycles. The molecule has 2 N–H and O–H groups in total. The fourth-order valence-corrected chi connectivity index (χ4v) is 1.90. The molecule has 5 heteroatoms. The number of hydrogen-bond donors (Lipinski definition) is 1. The molecule has 0 bridgehead atoms. The summed E-state index contributed by atoms with van der Waals surface area (Å²) in [7, 11) is 1.33. The van der Waals surface area contributed by atoms with Crippen LogP contribution in [0.2, 0.25) is 5.02 Å². The van der Waals surface area contributed by atoms with Crippen molar-refractivity contribution < 1.29 is 9.53 Å². The van der Waals surface area contributed by atoms with Crippen LogP contribution in [0.25, 0.3) is 0 Å². The maximum atomic E-state index is 11.0. The molecule has 0 radical (unpaired) electrons. The Morgan fingerprint density at radius 3 is 2.67 bits per heavy atom. The average Bonchev–Trinajstić information content (AvgIpc) is 2.26. The van der Waals surface area contributed by atoms with E-state index in [4.69, 9.17) is 17.3 Å². The molecule has 0 aromatic heterocycles. The van der Waals surface area contributed by atoms with E-state index in [0.29, 0.717) is 10.8 Å². The van der Waals surface area contributed by atoms with Gasteiger partial charge in [0.1, 0.15) is 6.04 Å². The van der Waals surface area contributed by atoms with Gasteiger partial charge in [-0.15, -0.1) is 11.8 Å². The van der Waals surface area contributed by atoms with Crippen LogP contribution in [0.4, 0.5) is 0 Å². The molecule has 0 saturated carbocycles. The number of nitrogens with two attached hydrogens (primary N) is 1. The second-order valence-corrected chi connectivity index (χ2v) is 4.42. The van der Waals surface area contributed by atoms with Crippen LogP contribution in [-0.4, -0.2) is 24.9 Å². The highest BCUT2D eigenvalue weighted by molar-refractivity contribution is 7.99. The predicted octanol–water partition coefficient (Wildman–Crippen LogP) is 1.93. The molecular formula is C10H12ClNO2S. The van der Waals surface area contributed by atoms with E-state index in [-0.39, 0.29) is 0 Å². The Morgan fingerprint density at radius 1 is 1.53 bits per heavy atom. The van der Waals surface area contributed by atoms with Crippen LogP contribution in [0.1, 0.15) is 0 Å². The molecule has 0 unspecified atom stereocenters. The van der Waals surface area contributed by atoms with Crippen molar-refractivity contribution in [2.75, 3.05) is 12.9 Å². The van der Waals surface area contributed by atoms with Gasteiger partial charge in [0.25, 0.3) is 0 Å². The second kappa shape index (κ2) is 6.00. The van der Waals surface area contributed by atoms with Gasteiger partial charge in [-0.05, 0) is 24.3 Å². The quantitative estimate of drug-likeness (QED) is 0.651. The zero-order chi connectivity index (χ0) is 11.3. The normalized spacial score (nSPS) is 12.2. The van der Waals surface area contributed by atoms with Gasteiger partial charge in [0.05, 0.1) is 7.11 Å². The lowest BCUT2D eigenvalue weighted by Gasteiger charge is -2.08. The number of thioether (sulfide) groups is 1. The number of ether oxygens (including phenoxy) is 1. The Balaban J connectivity index is 2.43. The molecule has 0 aliphatic rings. The summed E-state index contributed by atoms with van der Waals surface area (Å²) >= 11 is 7.24. The average molecular weight is 246 g/mol. The molecule has 15 heavy (non-hydrogen) atoms. The maximum Gasteiger partial charge on any atom is 0.323 e. The van der Waals surface area contributed by atoms with E-state index < -0.39 is 12.0 Å². The van der Waals surface area contributed by atoms with Gasteiger partial charge in [0, 0.05) is 15.7 Å². The number of halogens is 1. The van der Waals surface area contributed by atoms with Crippen LogP contribution in [0.5, 0.6) is 0 Å². The first-order valence-corrected chi connectivity index (χ1v) is 5.71. The minimum absolute atomic E-state index is 0.392. The zero-order valence-electron chi connectivity index (χ0n) is 8.27. The first kappa shape index (κ1) is 12.4. The van der Waals surface area contributed by atoms with E-state index in [0.717, 1.165) is 4.90 Å². The summed E-state index contributed by atoms with van der Waals surface area (Å²) in [5, 5.41) is 0.691. The van der Waals surface area contributed by atoms with Gasteiger partial charge in [-0.2, -0.15) is 0 Å². The summed E-state index contributed by atoms with van der Waals surface area (Å²) in [5.41, 5.74) is 5.58. The number of methoxy groups -OCH3 is 1. The first-order valence-electron chi connectivity index (χ1n) is 4.35. The van der Waals surface area contributed by atoms with E-state index in [9.17, 15) is 4.79 Å². The van der Waals surface area contributed by atoms with E-state index in [1.165, 1.54) is 18.9 Å². The third-order valence-electron chi connectivity index (χ3n) is 1.75. The highest BCUT2D eigenvalue weighted by atomic mass is 35.5. The molecule has 0 fully saturated rings. The van der Waals surface area contributed by atoms with Gasteiger partial charge in [-0.1, -0.05) is 11.6 Å². The predicted molar refractivity (Wildman–Crippen MR) is 62.2 cm³/mol. The third kappa shape index (κ3) is 4.11. The molecule has 82 valence electrons. The molecule has 0 amide bonds. The molecule has 1 aromatic rings. The Morgan fingerprint density at radius 2 is 2.13 bits per heavy atom. The monoisotopic (exact) mass is 245 g/mol. The summed E-state index contributed by atoms with van der Waals surface area (Å²) in [6, 6.07) is 6.78. The van der Waals surface area contributed by atoms with Gasteiger partial charge in [-0.25, -0.2) is 0 Å². The Hall–Kier alpha value is -0.710. The lowest BCUT2D eigenvalue weighted by atomic mass is 10.4. The number of benzene rings is 1. The molecule has 0 aliphatic carbocycles. The molecule has 3 nitrogen and oxygen atoms in total. The van der Waals surface area contributed by atoms with Crippen molar-refractivity contribution in [1.82, 2.24) is 0 Å². The summed E-state index contributed by atoms with van der Waals surface area (Å²) in [4.78, 5) is 12.0. The molecule has 1 aromatic carbocycles. The minimum Gasteiger partial charge on any atom is -0.468 e. The lowest BCUT2D eigenvalue weighted by molar-refractivity contribution is -0.141. The van der Waals surface area contributed by atoms with E-state index in [1.807, 2.05) is 12.1 Å². The van der Waals surface area contributed by atoms with Gasteiger partial charge >= 0.3 is 5.97 Å². The SMILES string of the molecule is COC(=O)[C@@H](N)CSc1ccc(Cl)cc1. The number of rotatable bonds is 4. The van der Waals surface area contributed by atoms with Crippen LogP contribution in [-0.2, 0) is 9.53 Å². The Labute approximate surface area is 97.9 Å².